The molecule has 0 aliphatic carbocycles. The van der Waals surface area contributed by atoms with Gasteiger partial charge in [-0.3, -0.25) is 4.90 Å². The van der Waals surface area contributed by atoms with Gasteiger partial charge < -0.3 is 15.3 Å². The van der Waals surface area contributed by atoms with E-state index in [-0.39, 0.29) is 16.8 Å². The molecule has 1 aliphatic heterocycles. The number of carboxylic acid groups (broad SMARTS) is 1. The van der Waals surface area contributed by atoms with Crippen LogP contribution in [0.25, 0.3) is 0 Å². The Bertz CT molecular complexity index is 1050. The Balaban J connectivity index is 1.53. The molecule has 1 aromatic carbocycles. The fourth-order valence-corrected chi connectivity index (χ4v) is 4.15. The van der Waals surface area contributed by atoms with Crippen LogP contribution in [0.4, 0.5) is 0 Å². The summed E-state index contributed by atoms with van der Waals surface area (Å²) in [5, 5.41) is 29.8. The third kappa shape index (κ3) is 6.82. The normalized spacial score (nSPS) is 20.2. The van der Waals surface area contributed by atoms with E-state index in [9.17, 15) is 15.0 Å². The van der Waals surface area contributed by atoms with Crippen molar-refractivity contribution >= 4 is 17.3 Å². The van der Waals surface area contributed by atoms with E-state index in [1.165, 1.54) is 0 Å². The molecule has 1 fully saturated rings. The van der Waals surface area contributed by atoms with Crippen molar-refractivity contribution in [3.05, 3.63) is 69.9 Å². The van der Waals surface area contributed by atoms with Gasteiger partial charge in [0, 0.05) is 18.0 Å². The summed E-state index contributed by atoms with van der Waals surface area (Å²) in [6, 6.07) is 13.0. The van der Waals surface area contributed by atoms with Crippen molar-refractivity contribution in [3.63, 3.8) is 0 Å². The SMILES string of the molecule is CC(CC#Cc1ccccc1)[C@@H](O)/C=C/[C@H]1CCC(O)N1CC#Cc1ccc(C(=O)O)s1. The van der Waals surface area contributed by atoms with E-state index in [2.05, 4.69) is 23.7 Å². The molecule has 0 bridgehead atoms. The van der Waals surface area contributed by atoms with Gasteiger partial charge in [0.25, 0.3) is 0 Å². The highest BCUT2D eigenvalue weighted by Gasteiger charge is 2.29. The van der Waals surface area contributed by atoms with E-state index in [0.717, 1.165) is 23.3 Å². The van der Waals surface area contributed by atoms with Gasteiger partial charge in [-0.05, 0) is 43.0 Å². The first kappa shape index (κ1) is 23.8. The number of carboxylic acids is 1. The van der Waals surface area contributed by atoms with Crippen molar-refractivity contribution in [2.75, 3.05) is 6.54 Å². The first-order valence-electron chi connectivity index (χ1n) is 10.6. The highest BCUT2D eigenvalue weighted by atomic mass is 32.1. The lowest BCUT2D eigenvalue weighted by Crippen LogP contribution is -2.35. The Labute approximate surface area is 193 Å². The maximum Gasteiger partial charge on any atom is 0.345 e. The van der Waals surface area contributed by atoms with Crippen LogP contribution in [0.1, 0.15) is 46.3 Å². The summed E-state index contributed by atoms with van der Waals surface area (Å²) in [5.74, 6) is 11.3. The quantitative estimate of drug-likeness (QED) is 0.464. The maximum atomic E-state index is 11.0. The number of rotatable bonds is 6. The molecule has 0 saturated carbocycles. The molecule has 2 aromatic rings. The van der Waals surface area contributed by atoms with E-state index in [0.29, 0.717) is 24.3 Å². The number of aliphatic hydroxyl groups is 2. The Morgan fingerprint density at radius 2 is 1.97 bits per heavy atom. The summed E-state index contributed by atoms with van der Waals surface area (Å²) in [7, 11) is 0. The Morgan fingerprint density at radius 1 is 1.19 bits per heavy atom. The van der Waals surface area contributed by atoms with E-state index in [4.69, 9.17) is 5.11 Å². The van der Waals surface area contributed by atoms with Crippen molar-refractivity contribution < 1.29 is 20.1 Å². The zero-order chi connectivity index (χ0) is 22.9. The summed E-state index contributed by atoms with van der Waals surface area (Å²) in [6.45, 7) is 2.33. The van der Waals surface area contributed by atoms with E-state index in [1.807, 2.05) is 48.2 Å². The van der Waals surface area contributed by atoms with Crippen molar-refractivity contribution in [2.45, 2.75) is 44.6 Å². The molecule has 0 amide bonds. The van der Waals surface area contributed by atoms with Crippen LogP contribution in [0, 0.1) is 29.6 Å². The predicted octanol–water partition coefficient (Wildman–Crippen LogP) is 3.58. The van der Waals surface area contributed by atoms with Gasteiger partial charge in [-0.2, -0.15) is 0 Å². The van der Waals surface area contributed by atoms with Crippen LogP contribution in [0.15, 0.2) is 54.6 Å². The molecule has 6 heteroatoms. The molecule has 5 nitrogen and oxygen atoms in total. The Hall–Kier alpha value is -2.87. The van der Waals surface area contributed by atoms with Crippen LogP contribution >= 0.6 is 11.3 Å². The van der Waals surface area contributed by atoms with Crippen molar-refractivity contribution in [1.29, 1.82) is 0 Å². The molecular formula is C26H27NO4S. The number of hydrogen-bond acceptors (Lipinski definition) is 5. The smallest absolute Gasteiger partial charge is 0.345 e. The number of aromatic carboxylic acids is 1. The molecule has 3 rings (SSSR count). The molecular weight excluding hydrogens is 422 g/mol. The van der Waals surface area contributed by atoms with Gasteiger partial charge in [0.2, 0.25) is 0 Å². The Morgan fingerprint density at radius 3 is 2.69 bits per heavy atom. The molecule has 1 aliphatic rings. The molecule has 4 atom stereocenters. The summed E-state index contributed by atoms with van der Waals surface area (Å²) in [5.41, 5.74) is 0.961. The zero-order valence-corrected chi connectivity index (χ0v) is 18.8. The number of likely N-dealkylation sites (tertiary alicyclic amines) is 1. The predicted molar refractivity (Wildman–Crippen MR) is 126 cm³/mol. The van der Waals surface area contributed by atoms with E-state index >= 15 is 0 Å². The van der Waals surface area contributed by atoms with Crippen molar-refractivity contribution in [3.8, 4) is 23.7 Å². The molecule has 0 radical (unpaired) electrons. The summed E-state index contributed by atoms with van der Waals surface area (Å²) >= 11 is 1.14. The third-order valence-corrected chi connectivity index (χ3v) is 6.35. The number of nitrogens with zero attached hydrogens (tertiary/aromatic N) is 1. The van der Waals surface area contributed by atoms with E-state index in [1.54, 1.807) is 18.2 Å². The van der Waals surface area contributed by atoms with Gasteiger partial charge in [0.1, 0.15) is 11.1 Å². The first-order chi connectivity index (χ1) is 15.4. The monoisotopic (exact) mass is 449 g/mol. The fourth-order valence-electron chi connectivity index (χ4n) is 3.43. The second kappa shape index (κ2) is 11.7. The number of thiophene rings is 1. The van der Waals surface area contributed by atoms with Gasteiger partial charge in [-0.15, -0.1) is 11.3 Å². The first-order valence-corrected chi connectivity index (χ1v) is 11.4. The number of carbonyl (C=O) groups is 1. The minimum atomic E-state index is -0.956. The second-order valence-corrected chi connectivity index (χ2v) is 8.88. The molecule has 2 unspecified atom stereocenters. The fraction of sp³-hybridized carbons (Fsp3) is 0.346. The lowest BCUT2D eigenvalue weighted by molar-refractivity contribution is 0.0359. The zero-order valence-electron chi connectivity index (χ0n) is 17.9. The molecule has 1 aromatic heterocycles. The molecule has 3 N–H and O–H groups in total. The highest BCUT2D eigenvalue weighted by molar-refractivity contribution is 7.14. The second-order valence-electron chi connectivity index (χ2n) is 7.79. The van der Waals surface area contributed by atoms with Crippen LogP contribution in [-0.2, 0) is 0 Å². The number of hydrogen-bond donors (Lipinski definition) is 3. The van der Waals surface area contributed by atoms with Gasteiger partial charge >= 0.3 is 5.97 Å². The summed E-state index contributed by atoms with van der Waals surface area (Å²) in [4.78, 5) is 13.8. The van der Waals surface area contributed by atoms with Crippen LogP contribution in [0.3, 0.4) is 0 Å². The lowest BCUT2D eigenvalue weighted by atomic mass is 9.99. The standard InChI is InChI=1S/C26H27NO4S/c1-19(7-5-10-20-8-3-2-4-9-20)23(28)15-12-21-13-17-25(29)27(21)18-6-11-22-14-16-24(32-22)26(30)31/h2-4,8-9,12,14-16,19,21,23,25,28-29H,7,13,17-18H2,1H3,(H,30,31)/b15-12+/t19?,21-,23-,25?/m0/s1. The molecule has 166 valence electrons. The average molecular weight is 450 g/mol. The van der Waals surface area contributed by atoms with Crippen LogP contribution in [-0.4, -0.2) is 51.1 Å². The van der Waals surface area contributed by atoms with E-state index < -0.39 is 18.3 Å². The third-order valence-electron chi connectivity index (χ3n) is 5.36. The van der Waals surface area contributed by atoms with Crippen molar-refractivity contribution in [1.82, 2.24) is 4.90 Å². The van der Waals surface area contributed by atoms with Gasteiger partial charge in [-0.1, -0.05) is 61.0 Å². The van der Waals surface area contributed by atoms with Gasteiger partial charge in [0.05, 0.1) is 17.5 Å². The molecule has 32 heavy (non-hydrogen) atoms. The molecule has 2 heterocycles. The Kier molecular flexibility index (Phi) is 8.67. The van der Waals surface area contributed by atoms with Crippen molar-refractivity contribution in [2.24, 2.45) is 5.92 Å². The highest BCUT2D eigenvalue weighted by Crippen LogP contribution is 2.24. The van der Waals surface area contributed by atoms with Crippen LogP contribution in [0.5, 0.6) is 0 Å². The van der Waals surface area contributed by atoms with Crippen LogP contribution in [0.2, 0.25) is 0 Å². The minimum absolute atomic E-state index is 0.00512. The number of aliphatic hydroxyl groups excluding tert-OH is 2. The number of benzene rings is 1. The minimum Gasteiger partial charge on any atom is -0.477 e. The maximum absolute atomic E-state index is 11.0. The topological polar surface area (TPSA) is 81.0 Å². The summed E-state index contributed by atoms with van der Waals surface area (Å²) < 4.78 is 0. The molecule has 0 spiro atoms. The van der Waals surface area contributed by atoms with Gasteiger partial charge in [-0.25, -0.2) is 4.79 Å². The average Bonchev–Trinajstić information content (AvgIpc) is 3.40. The van der Waals surface area contributed by atoms with Gasteiger partial charge in [0.15, 0.2) is 0 Å². The largest absolute Gasteiger partial charge is 0.477 e. The lowest BCUT2D eigenvalue weighted by Gasteiger charge is -2.23. The van der Waals surface area contributed by atoms with Crippen LogP contribution < -0.4 is 0 Å². The molecule has 1 saturated heterocycles. The summed E-state index contributed by atoms with van der Waals surface area (Å²) in [6.07, 6.45) is 4.55.